The predicted octanol–water partition coefficient (Wildman–Crippen LogP) is -0.319. The van der Waals surface area contributed by atoms with E-state index in [1.807, 2.05) is 0 Å². The highest BCUT2D eigenvalue weighted by Gasteiger charge is 2.21. The van der Waals surface area contributed by atoms with Crippen LogP contribution in [0.4, 0.5) is 4.79 Å². The monoisotopic (exact) mass is 173 g/mol. The number of nitrogens with two attached hydrogens (primary N) is 1. The molecular weight excluding hydrogens is 158 g/mol. The van der Waals surface area contributed by atoms with Crippen LogP contribution in [0.15, 0.2) is 0 Å². The van der Waals surface area contributed by atoms with Gasteiger partial charge in [-0.05, 0) is 12.8 Å². The summed E-state index contributed by atoms with van der Waals surface area (Å²) in [6, 6.07) is 0.339. The number of nitrogens with zero attached hydrogens (tertiary/aromatic N) is 1. The summed E-state index contributed by atoms with van der Waals surface area (Å²) < 4.78 is 4.59. The van der Waals surface area contributed by atoms with Gasteiger partial charge in [-0.15, -0.1) is 0 Å². The second-order valence-electron chi connectivity index (χ2n) is 2.90. The molecular formula is C7H15N3O2. The number of rotatable bonds is 1. The number of methoxy groups -OCH3 is 1. The molecule has 1 heterocycles. The van der Waals surface area contributed by atoms with Crippen molar-refractivity contribution in [3.05, 3.63) is 0 Å². The number of nitrogens with one attached hydrogen (secondary N) is 1. The number of amides is 1. The Kier molecular flexibility index (Phi) is 3.31. The minimum atomic E-state index is -0.245. The van der Waals surface area contributed by atoms with Gasteiger partial charge in [0, 0.05) is 19.1 Å². The summed E-state index contributed by atoms with van der Waals surface area (Å²) in [7, 11) is 1.40. The predicted molar refractivity (Wildman–Crippen MR) is 44.3 cm³/mol. The van der Waals surface area contributed by atoms with Gasteiger partial charge < -0.3 is 9.64 Å². The molecule has 0 bridgehead atoms. The molecule has 0 aromatic rings. The molecule has 0 aromatic carbocycles. The normalized spacial score (nSPS) is 19.3. The topological polar surface area (TPSA) is 67.6 Å². The van der Waals surface area contributed by atoms with Gasteiger partial charge in [0.15, 0.2) is 0 Å². The first-order chi connectivity index (χ1) is 5.77. The SMILES string of the molecule is COC(=O)N1CCC(NN)CC1. The molecule has 0 unspecified atom stereocenters. The molecule has 3 N–H and O–H groups in total. The third-order valence-corrected chi connectivity index (χ3v) is 2.16. The zero-order valence-electron chi connectivity index (χ0n) is 7.25. The average Bonchev–Trinajstić information content (AvgIpc) is 2.17. The van der Waals surface area contributed by atoms with Crippen molar-refractivity contribution in [1.29, 1.82) is 0 Å². The highest BCUT2D eigenvalue weighted by molar-refractivity contribution is 5.67. The van der Waals surface area contributed by atoms with E-state index in [0.717, 1.165) is 25.9 Å². The fourth-order valence-corrected chi connectivity index (χ4v) is 1.36. The van der Waals surface area contributed by atoms with Crippen LogP contribution in [0.1, 0.15) is 12.8 Å². The fraction of sp³-hybridized carbons (Fsp3) is 0.857. The molecule has 70 valence electrons. The van der Waals surface area contributed by atoms with Gasteiger partial charge in [0.25, 0.3) is 0 Å². The quantitative estimate of drug-likeness (QED) is 0.421. The molecule has 0 aromatic heterocycles. The maximum atomic E-state index is 11.0. The second kappa shape index (κ2) is 4.27. The van der Waals surface area contributed by atoms with Crippen LogP contribution in [0.2, 0.25) is 0 Å². The van der Waals surface area contributed by atoms with E-state index in [1.165, 1.54) is 7.11 Å². The van der Waals surface area contributed by atoms with E-state index < -0.39 is 0 Å². The van der Waals surface area contributed by atoms with Gasteiger partial charge >= 0.3 is 6.09 Å². The van der Waals surface area contributed by atoms with Crippen LogP contribution in [0.25, 0.3) is 0 Å². The Morgan fingerprint density at radius 2 is 2.17 bits per heavy atom. The minimum Gasteiger partial charge on any atom is -0.453 e. The zero-order chi connectivity index (χ0) is 8.97. The summed E-state index contributed by atoms with van der Waals surface area (Å²) in [6.45, 7) is 1.45. The van der Waals surface area contributed by atoms with Crippen LogP contribution in [0.3, 0.4) is 0 Å². The van der Waals surface area contributed by atoms with Crippen molar-refractivity contribution in [2.45, 2.75) is 18.9 Å². The number of carbonyl (C=O) groups is 1. The third kappa shape index (κ3) is 2.09. The van der Waals surface area contributed by atoms with Crippen molar-refractivity contribution in [3.8, 4) is 0 Å². The Bertz CT molecular complexity index is 155. The Labute approximate surface area is 71.8 Å². The van der Waals surface area contributed by atoms with Crippen molar-refractivity contribution in [2.24, 2.45) is 5.84 Å². The molecule has 5 heteroatoms. The van der Waals surface area contributed by atoms with Crippen LogP contribution in [-0.4, -0.2) is 37.2 Å². The molecule has 1 aliphatic rings. The standard InChI is InChI=1S/C7H15N3O2/c1-12-7(11)10-4-2-6(9-8)3-5-10/h6,9H,2-5,8H2,1H3. The second-order valence-corrected chi connectivity index (χ2v) is 2.90. The molecule has 1 saturated heterocycles. The van der Waals surface area contributed by atoms with Crippen LogP contribution >= 0.6 is 0 Å². The summed E-state index contributed by atoms with van der Waals surface area (Å²) in [5.41, 5.74) is 2.70. The van der Waals surface area contributed by atoms with E-state index in [9.17, 15) is 4.79 Å². The number of carbonyl (C=O) groups excluding carboxylic acids is 1. The zero-order valence-corrected chi connectivity index (χ0v) is 7.25. The largest absolute Gasteiger partial charge is 0.453 e. The third-order valence-electron chi connectivity index (χ3n) is 2.16. The molecule has 0 spiro atoms. The van der Waals surface area contributed by atoms with Crippen molar-refractivity contribution < 1.29 is 9.53 Å². The van der Waals surface area contributed by atoms with Crippen molar-refractivity contribution in [1.82, 2.24) is 10.3 Å². The van der Waals surface area contributed by atoms with E-state index in [2.05, 4.69) is 10.2 Å². The number of hydrogen-bond acceptors (Lipinski definition) is 4. The number of ether oxygens (including phenoxy) is 1. The van der Waals surface area contributed by atoms with Gasteiger partial charge in [-0.25, -0.2) is 4.79 Å². The number of likely N-dealkylation sites (tertiary alicyclic amines) is 1. The molecule has 0 radical (unpaired) electrons. The smallest absolute Gasteiger partial charge is 0.409 e. The number of hydrogen-bond donors (Lipinski definition) is 2. The van der Waals surface area contributed by atoms with Crippen LogP contribution in [0.5, 0.6) is 0 Å². The Morgan fingerprint density at radius 1 is 1.58 bits per heavy atom. The minimum absolute atomic E-state index is 0.245. The molecule has 0 saturated carbocycles. The van der Waals surface area contributed by atoms with Gasteiger partial charge in [0.05, 0.1) is 7.11 Å². The first-order valence-electron chi connectivity index (χ1n) is 4.07. The van der Waals surface area contributed by atoms with Gasteiger partial charge in [-0.1, -0.05) is 0 Å². The van der Waals surface area contributed by atoms with Crippen LogP contribution in [-0.2, 0) is 4.74 Å². The van der Waals surface area contributed by atoms with Gasteiger partial charge in [0.2, 0.25) is 0 Å². The van der Waals surface area contributed by atoms with Gasteiger partial charge in [-0.2, -0.15) is 0 Å². The molecule has 1 amide bonds. The van der Waals surface area contributed by atoms with E-state index in [0.29, 0.717) is 6.04 Å². The van der Waals surface area contributed by atoms with E-state index in [1.54, 1.807) is 4.90 Å². The maximum absolute atomic E-state index is 11.0. The molecule has 1 rings (SSSR count). The van der Waals surface area contributed by atoms with E-state index in [4.69, 9.17) is 5.84 Å². The molecule has 1 fully saturated rings. The lowest BCUT2D eigenvalue weighted by Gasteiger charge is -2.30. The van der Waals surface area contributed by atoms with Gasteiger partial charge in [0.1, 0.15) is 0 Å². The summed E-state index contributed by atoms with van der Waals surface area (Å²) in [6.07, 6.45) is 1.54. The first-order valence-corrected chi connectivity index (χ1v) is 4.07. The molecule has 0 aliphatic carbocycles. The lowest BCUT2D eigenvalue weighted by Crippen LogP contribution is -2.46. The summed E-state index contributed by atoms with van der Waals surface area (Å²) in [5, 5.41) is 0. The average molecular weight is 173 g/mol. The van der Waals surface area contributed by atoms with E-state index >= 15 is 0 Å². The molecule has 5 nitrogen and oxygen atoms in total. The first kappa shape index (κ1) is 9.28. The summed E-state index contributed by atoms with van der Waals surface area (Å²) in [4.78, 5) is 12.7. The number of hydrazine groups is 1. The Morgan fingerprint density at radius 3 is 2.58 bits per heavy atom. The lowest BCUT2D eigenvalue weighted by molar-refractivity contribution is 0.110. The van der Waals surface area contributed by atoms with Crippen molar-refractivity contribution in [2.75, 3.05) is 20.2 Å². The van der Waals surface area contributed by atoms with Gasteiger partial charge in [-0.3, -0.25) is 11.3 Å². The van der Waals surface area contributed by atoms with Crippen LogP contribution < -0.4 is 11.3 Å². The maximum Gasteiger partial charge on any atom is 0.409 e. The lowest BCUT2D eigenvalue weighted by atomic mass is 10.1. The molecule has 1 aliphatic heterocycles. The number of piperidine rings is 1. The van der Waals surface area contributed by atoms with Crippen molar-refractivity contribution >= 4 is 6.09 Å². The summed E-state index contributed by atoms with van der Waals surface area (Å²) >= 11 is 0. The fourth-order valence-electron chi connectivity index (χ4n) is 1.36. The molecule has 0 atom stereocenters. The summed E-state index contributed by atoms with van der Waals surface area (Å²) in [5.74, 6) is 5.27. The van der Waals surface area contributed by atoms with Crippen LogP contribution in [0, 0.1) is 0 Å². The van der Waals surface area contributed by atoms with E-state index in [-0.39, 0.29) is 6.09 Å². The highest BCUT2D eigenvalue weighted by atomic mass is 16.5. The Balaban J connectivity index is 2.30. The Hall–Kier alpha value is -0.810. The highest BCUT2D eigenvalue weighted by Crippen LogP contribution is 2.09. The molecule has 12 heavy (non-hydrogen) atoms. The van der Waals surface area contributed by atoms with Crippen molar-refractivity contribution in [3.63, 3.8) is 0 Å².